The molecular formula is C17H13NO3. The maximum Gasteiger partial charge on any atom is 0.336 e. The van der Waals surface area contributed by atoms with Crippen molar-refractivity contribution in [2.75, 3.05) is 4.90 Å². The number of carboxylic acids is 1. The van der Waals surface area contributed by atoms with Crippen LogP contribution in [0.25, 0.3) is 5.70 Å². The highest BCUT2D eigenvalue weighted by Crippen LogP contribution is 2.36. The van der Waals surface area contributed by atoms with Gasteiger partial charge in [-0.25, -0.2) is 4.79 Å². The number of benzene rings is 2. The fourth-order valence-electron chi connectivity index (χ4n) is 2.54. The number of carbonyl (C=O) groups excluding carboxylic acids is 1. The number of hydrogen-bond acceptors (Lipinski definition) is 2. The van der Waals surface area contributed by atoms with Crippen LogP contribution in [0.3, 0.4) is 0 Å². The lowest BCUT2D eigenvalue weighted by Gasteiger charge is -2.18. The van der Waals surface area contributed by atoms with Crippen LogP contribution in [-0.4, -0.2) is 17.0 Å². The predicted octanol–water partition coefficient (Wildman–Crippen LogP) is 3.32. The Kier molecular flexibility index (Phi) is 2.87. The Hall–Kier alpha value is -2.88. The summed E-state index contributed by atoms with van der Waals surface area (Å²) in [4.78, 5) is 25.2. The van der Waals surface area contributed by atoms with Crippen molar-refractivity contribution in [1.29, 1.82) is 0 Å². The van der Waals surface area contributed by atoms with Gasteiger partial charge in [0.25, 0.3) is 5.91 Å². The summed E-state index contributed by atoms with van der Waals surface area (Å²) in [5, 5.41) is 9.21. The molecule has 1 aliphatic rings. The second-order valence-corrected chi connectivity index (χ2v) is 4.94. The van der Waals surface area contributed by atoms with Gasteiger partial charge in [0.2, 0.25) is 0 Å². The number of carbonyl (C=O) groups is 2. The highest BCUT2D eigenvalue weighted by atomic mass is 16.4. The number of anilines is 1. The van der Waals surface area contributed by atoms with E-state index in [0.717, 1.165) is 5.56 Å². The fourth-order valence-corrected chi connectivity index (χ4v) is 2.54. The fraction of sp³-hybridized carbons (Fsp3) is 0.0588. The Morgan fingerprint density at radius 3 is 2.43 bits per heavy atom. The molecule has 2 aromatic rings. The summed E-state index contributed by atoms with van der Waals surface area (Å²) >= 11 is 0. The molecule has 1 aliphatic heterocycles. The van der Waals surface area contributed by atoms with Gasteiger partial charge in [0.05, 0.1) is 16.9 Å². The smallest absolute Gasteiger partial charge is 0.336 e. The van der Waals surface area contributed by atoms with E-state index in [2.05, 4.69) is 6.58 Å². The number of nitrogens with zero attached hydrogens (tertiary/aromatic N) is 1. The first kappa shape index (κ1) is 13.1. The van der Waals surface area contributed by atoms with E-state index in [9.17, 15) is 14.7 Å². The van der Waals surface area contributed by atoms with Crippen molar-refractivity contribution in [1.82, 2.24) is 0 Å². The van der Waals surface area contributed by atoms with E-state index in [0.29, 0.717) is 22.5 Å². The van der Waals surface area contributed by atoms with Crippen LogP contribution in [-0.2, 0) is 0 Å². The number of amides is 1. The third kappa shape index (κ3) is 1.92. The van der Waals surface area contributed by atoms with Crippen LogP contribution >= 0.6 is 0 Å². The molecule has 21 heavy (non-hydrogen) atoms. The summed E-state index contributed by atoms with van der Waals surface area (Å²) in [6.45, 7) is 5.68. The third-order valence-electron chi connectivity index (χ3n) is 3.65. The quantitative estimate of drug-likeness (QED) is 0.917. The second-order valence-electron chi connectivity index (χ2n) is 4.94. The lowest BCUT2D eigenvalue weighted by atomic mass is 10.1. The van der Waals surface area contributed by atoms with Crippen LogP contribution < -0.4 is 4.90 Å². The predicted molar refractivity (Wildman–Crippen MR) is 80.4 cm³/mol. The summed E-state index contributed by atoms with van der Waals surface area (Å²) < 4.78 is 0. The molecule has 3 rings (SSSR count). The van der Waals surface area contributed by atoms with Crippen LogP contribution in [0.4, 0.5) is 5.69 Å². The molecule has 0 spiro atoms. The number of aromatic carboxylic acids is 1. The molecule has 0 saturated carbocycles. The van der Waals surface area contributed by atoms with E-state index in [1.807, 2.05) is 12.1 Å². The monoisotopic (exact) mass is 279 g/mol. The Morgan fingerprint density at radius 1 is 1.14 bits per heavy atom. The van der Waals surface area contributed by atoms with Gasteiger partial charge in [-0.15, -0.1) is 0 Å². The first-order chi connectivity index (χ1) is 10.0. The molecule has 0 radical (unpaired) electrons. The van der Waals surface area contributed by atoms with Crippen molar-refractivity contribution < 1.29 is 14.7 Å². The summed E-state index contributed by atoms with van der Waals surface area (Å²) in [7, 11) is 0. The molecule has 4 nitrogen and oxygen atoms in total. The minimum Gasteiger partial charge on any atom is -0.478 e. The van der Waals surface area contributed by atoms with Crippen LogP contribution in [0.1, 0.15) is 31.8 Å². The lowest BCUT2D eigenvalue weighted by Crippen LogP contribution is -2.22. The number of hydrogen-bond donors (Lipinski definition) is 1. The maximum absolute atomic E-state index is 12.5. The van der Waals surface area contributed by atoms with Gasteiger partial charge in [0, 0.05) is 11.1 Å². The highest BCUT2D eigenvalue weighted by Gasteiger charge is 2.32. The largest absolute Gasteiger partial charge is 0.478 e. The molecule has 0 unspecified atom stereocenters. The molecule has 1 heterocycles. The van der Waals surface area contributed by atoms with Crippen molar-refractivity contribution in [3.63, 3.8) is 0 Å². The van der Waals surface area contributed by atoms with Crippen LogP contribution in [0.2, 0.25) is 0 Å². The molecule has 104 valence electrons. The Morgan fingerprint density at radius 2 is 1.81 bits per heavy atom. The lowest BCUT2D eigenvalue weighted by molar-refractivity contribution is 0.0695. The molecule has 0 aromatic heterocycles. The SMILES string of the molecule is C=C1c2ccccc2C(=O)N1c1ccc(C)c(C(=O)O)c1. The standard InChI is InChI=1S/C17H13NO3/c1-10-7-8-12(9-15(10)17(20)21)18-11(2)13-5-3-4-6-14(13)16(18)19/h3-9H,2H2,1H3,(H,20,21). The van der Waals surface area contributed by atoms with Gasteiger partial charge in [-0.3, -0.25) is 9.69 Å². The molecule has 0 saturated heterocycles. The normalized spacial score (nSPS) is 13.5. The molecule has 0 aliphatic carbocycles. The number of carboxylic acid groups (broad SMARTS) is 1. The molecule has 4 heteroatoms. The van der Waals surface area contributed by atoms with Crippen LogP contribution in [0.15, 0.2) is 49.0 Å². The van der Waals surface area contributed by atoms with Gasteiger partial charge in [0.15, 0.2) is 0 Å². The van der Waals surface area contributed by atoms with Gasteiger partial charge >= 0.3 is 5.97 Å². The minimum absolute atomic E-state index is 0.184. The van der Waals surface area contributed by atoms with E-state index < -0.39 is 5.97 Å². The van der Waals surface area contributed by atoms with Crippen molar-refractivity contribution in [2.45, 2.75) is 6.92 Å². The summed E-state index contributed by atoms with van der Waals surface area (Å²) in [5.74, 6) is -1.19. The average Bonchev–Trinajstić information content (AvgIpc) is 2.72. The summed E-state index contributed by atoms with van der Waals surface area (Å²) in [6.07, 6.45) is 0. The van der Waals surface area contributed by atoms with Gasteiger partial charge < -0.3 is 5.11 Å². The first-order valence-corrected chi connectivity index (χ1v) is 6.47. The van der Waals surface area contributed by atoms with Crippen molar-refractivity contribution in [3.8, 4) is 0 Å². The van der Waals surface area contributed by atoms with Crippen molar-refractivity contribution >= 4 is 23.3 Å². The molecule has 0 fully saturated rings. The maximum atomic E-state index is 12.5. The molecular weight excluding hydrogens is 266 g/mol. The topological polar surface area (TPSA) is 57.6 Å². The Balaban J connectivity index is 2.11. The zero-order valence-corrected chi connectivity index (χ0v) is 11.5. The molecule has 2 aromatic carbocycles. The van der Waals surface area contributed by atoms with Crippen molar-refractivity contribution in [2.24, 2.45) is 0 Å². The second kappa shape index (κ2) is 4.59. The Bertz CT molecular complexity index is 757. The number of fused-ring (bicyclic) bond motifs is 1. The van der Waals surface area contributed by atoms with Gasteiger partial charge in [-0.2, -0.15) is 0 Å². The molecule has 0 bridgehead atoms. The minimum atomic E-state index is -1.01. The van der Waals surface area contributed by atoms with Crippen LogP contribution in [0.5, 0.6) is 0 Å². The van der Waals surface area contributed by atoms with Gasteiger partial charge in [0.1, 0.15) is 0 Å². The molecule has 1 N–H and O–H groups in total. The van der Waals surface area contributed by atoms with Gasteiger partial charge in [-0.1, -0.05) is 30.8 Å². The molecule has 0 atom stereocenters. The Labute approximate surface area is 121 Å². The van der Waals surface area contributed by atoms with E-state index in [4.69, 9.17) is 0 Å². The summed E-state index contributed by atoms with van der Waals surface area (Å²) in [6, 6.07) is 12.2. The zero-order chi connectivity index (χ0) is 15.1. The first-order valence-electron chi connectivity index (χ1n) is 6.47. The van der Waals surface area contributed by atoms with Crippen LogP contribution in [0, 0.1) is 6.92 Å². The number of rotatable bonds is 2. The summed E-state index contributed by atoms with van der Waals surface area (Å²) in [5.41, 5.74) is 3.28. The zero-order valence-electron chi connectivity index (χ0n) is 11.5. The third-order valence-corrected chi connectivity index (χ3v) is 3.65. The van der Waals surface area contributed by atoms with E-state index in [1.54, 1.807) is 31.2 Å². The van der Waals surface area contributed by atoms with Gasteiger partial charge in [-0.05, 0) is 30.7 Å². The van der Waals surface area contributed by atoms with E-state index >= 15 is 0 Å². The highest BCUT2D eigenvalue weighted by molar-refractivity contribution is 6.22. The van der Waals surface area contributed by atoms with E-state index in [-0.39, 0.29) is 11.5 Å². The van der Waals surface area contributed by atoms with Crippen molar-refractivity contribution in [3.05, 3.63) is 71.3 Å². The average molecular weight is 279 g/mol. The molecule has 1 amide bonds. The van der Waals surface area contributed by atoms with E-state index in [1.165, 1.54) is 11.0 Å². The number of aryl methyl sites for hydroxylation is 1.